The second-order valence-corrected chi connectivity index (χ2v) is 3.83. The van der Waals surface area contributed by atoms with Crippen LogP contribution in [0.25, 0.3) is 0 Å². The highest BCUT2D eigenvalue weighted by atomic mass is 19.4. The summed E-state index contributed by atoms with van der Waals surface area (Å²) < 4.78 is 82.0. The van der Waals surface area contributed by atoms with Gasteiger partial charge >= 0.3 is 18.5 Å². The largest absolute Gasteiger partial charge is 0.574 e. The third-order valence-corrected chi connectivity index (χ3v) is 2.18. The van der Waals surface area contributed by atoms with E-state index in [0.29, 0.717) is 0 Å². The van der Waals surface area contributed by atoms with Crippen molar-refractivity contribution in [2.45, 2.75) is 25.9 Å². The number of hydrogen-bond acceptors (Lipinski definition) is 5. The molecular formula is C11H9F6NO4. The fourth-order valence-corrected chi connectivity index (χ4v) is 1.39. The van der Waals surface area contributed by atoms with E-state index in [1.165, 1.54) is 6.92 Å². The van der Waals surface area contributed by atoms with E-state index in [1.807, 2.05) is 0 Å². The van der Waals surface area contributed by atoms with Crippen molar-refractivity contribution in [3.8, 4) is 11.6 Å². The molecule has 0 fully saturated rings. The third kappa shape index (κ3) is 4.97. The lowest BCUT2D eigenvalue weighted by Gasteiger charge is -2.16. The molecule has 1 aromatic heterocycles. The van der Waals surface area contributed by atoms with Crippen LogP contribution in [0.3, 0.4) is 0 Å². The number of carbonyl (C=O) groups excluding carboxylic acids is 1. The van der Waals surface area contributed by atoms with Gasteiger partial charge in [0.1, 0.15) is 11.3 Å². The van der Waals surface area contributed by atoms with Crippen LogP contribution in [0.15, 0.2) is 6.07 Å². The van der Waals surface area contributed by atoms with Crippen molar-refractivity contribution in [1.29, 1.82) is 0 Å². The summed E-state index contributed by atoms with van der Waals surface area (Å²) in [4.78, 5) is 14.1. The van der Waals surface area contributed by atoms with Crippen molar-refractivity contribution in [2.75, 3.05) is 6.61 Å². The zero-order valence-corrected chi connectivity index (χ0v) is 10.9. The predicted molar refractivity (Wildman–Crippen MR) is 57.9 cm³/mol. The molecule has 0 atom stereocenters. The molecule has 0 unspecified atom stereocenters. The number of aromatic hydroxyl groups is 1. The summed E-state index contributed by atoms with van der Waals surface area (Å²) in [5.41, 5.74) is -2.65. The Morgan fingerprint density at radius 2 is 1.86 bits per heavy atom. The van der Waals surface area contributed by atoms with E-state index in [2.05, 4.69) is 14.5 Å². The Morgan fingerprint density at radius 3 is 2.32 bits per heavy atom. The van der Waals surface area contributed by atoms with E-state index in [-0.39, 0.29) is 12.7 Å². The summed E-state index contributed by atoms with van der Waals surface area (Å²) in [5.74, 6) is -3.89. The molecule has 22 heavy (non-hydrogen) atoms. The maximum absolute atomic E-state index is 12.6. The van der Waals surface area contributed by atoms with Gasteiger partial charge in [0, 0.05) is 0 Å². The summed E-state index contributed by atoms with van der Waals surface area (Å²) in [7, 11) is 0. The number of hydrogen-bond donors (Lipinski definition) is 1. The van der Waals surface area contributed by atoms with Gasteiger partial charge in [-0.25, -0.2) is 4.98 Å². The van der Waals surface area contributed by atoms with Crippen LogP contribution < -0.4 is 4.74 Å². The average molecular weight is 333 g/mol. The molecule has 1 heterocycles. The Bertz CT molecular complexity index is 555. The molecule has 1 aromatic rings. The number of halogens is 6. The Kier molecular flexibility index (Phi) is 5.09. The first-order valence-corrected chi connectivity index (χ1v) is 5.65. The Morgan fingerprint density at radius 1 is 1.27 bits per heavy atom. The molecule has 5 nitrogen and oxygen atoms in total. The van der Waals surface area contributed by atoms with Gasteiger partial charge in [-0.15, -0.1) is 13.2 Å². The lowest BCUT2D eigenvalue weighted by Crippen LogP contribution is -2.22. The summed E-state index contributed by atoms with van der Waals surface area (Å²) in [5, 5.41) is 9.39. The maximum atomic E-state index is 12.6. The van der Waals surface area contributed by atoms with Gasteiger partial charge in [-0.3, -0.25) is 4.79 Å². The number of nitrogens with zero attached hydrogens (tertiary/aromatic N) is 1. The number of aromatic nitrogens is 1. The van der Waals surface area contributed by atoms with Crippen molar-refractivity contribution in [1.82, 2.24) is 4.98 Å². The van der Waals surface area contributed by atoms with E-state index >= 15 is 0 Å². The molecule has 11 heteroatoms. The van der Waals surface area contributed by atoms with Crippen molar-refractivity contribution < 1.29 is 45.7 Å². The molecule has 0 spiro atoms. The molecule has 0 bridgehead atoms. The number of pyridine rings is 1. The van der Waals surface area contributed by atoms with E-state index < -0.39 is 47.8 Å². The molecule has 1 N–H and O–H groups in total. The molecule has 0 aliphatic rings. The monoisotopic (exact) mass is 333 g/mol. The van der Waals surface area contributed by atoms with Crippen LogP contribution in [0.1, 0.15) is 18.2 Å². The number of carbonyl (C=O) groups is 1. The SMILES string of the molecule is CCOC(=O)Cc1nc(OC(F)(F)F)c(C(F)(F)F)cc1O. The van der Waals surface area contributed by atoms with Gasteiger partial charge < -0.3 is 14.6 Å². The summed E-state index contributed by atoms with van der Waals surface area (Å²) >= 11 is 0. The molecule has 0 amide bonds. The minimum absolute atomic E-state index is 0.00261. The van der Waals surface area contributed by atoms with Crippen LogP contribution >= 0.6 is 0 Å². The first-order valence-electron chi connectivity index (χ1n) is 5.65. The van der Waals surface area contributed by atoms with Gasteiger partial charge in [0.25, 0.3) is 0 Å². The molecule has 0 aromatic carbocycles. The molecule has 0 saturated carbocycles. The van der Waals surface area contributed by atoms with E-state index in [0.717, 1.165) is 0 Å². The van der Waals surface area contributed by atoms with E-state index in [4.69, 9.17) is 0 Å². The predicted octanol–water partition coefficient (Wildman–Crippen LogP) is 2.81. The van der Waals surface area contributed by atoms with Gasteiger partial charge in [-0.1, -0.05) is 0 Å². The Labute approximate surface area is 119 Å². The van der Waals surface area contributed by atoms with Crippen LogP contribution in [-0.4, -0.2) is 29.0 Å². The minimum atomic E-state index is -5.43. The van der Waals surface area contributed by atoms with Gasteiger partial charge in [-0.05, 0) is 13.0 Å². The Hall–Kier alpha value is -2.20. The first kappa shape index (κ1) is 17.9. The molecule has 1 rings (SSSR count). The zero-order chi connectivity index (χ0) is 17.1. The first-order chi connectivity index (χ1) is 9.94. The van der Waals surface area contributed by atoms with Gasteiger partial charge in [0.2, 0.25) is 5.88 Å². The second kappa shape index (κ2) is 6.28. The van der Waals surface area contributed by atoms with Crippen molar-refractivity contribution >= 4 is 5.97 Å². The summed E-state index contributed by atoms with van der Waals surface area (Å²) in [6, 6.07) is 0.00261. The maximum Gasteiger partial charge on any atom is 0.574 e. The van der Waals surface area contributed by atoms with Crippen LogP contribution in [0.4, 0.5) is 26.3 Å². The lowest BCUT2D eigenvalue weighted by molar-refractivity contribution is -0.278. The van der Waals surface area contributed by atoms with E-state index in [1.54, 1.807) is 0 Å². The van der Waals surface area contributed by atoms with Gasteiger partial charge in [0.15, 0.2) is 0 Å². The van der Waals surface area contributed by atoms with Gasteiger partial charge in [0.05, 0.1) is 18.7 Å². The van der Waals surface area contributed by atoms with Crippen molar-refractivity contribution in [3.63, 3.8) is 0 Å². The highest BCUT2D eigenvalue weighted by molar-refractivity contribution is 5.73. The summed E-state index contributed by atoms with van der Waals surface area (Å²) in [6.45, 7) is 1.38. The third-order valence-electron chi connectivity index (χ3n) is 2.18. The lowest BCUT2D eigenvalue weighted by atomic mass is 10.2. The van der Waals surface area contributed by atoms with Crippen molar-refractivity contribution in [2.24, 2.45) is 0 Å². The minimum Gasteiger partial charge on any atom is -0.506 e. The number of rotatable bonds is 4. The Balaban J connectivity index is 3.27. The highest BCUT2D eigenvalue weighted by Gasteiger charge is 2.41. The quantitative estimate of drug-likeness (QED) is 0.678. The molecule has 0 saturated heterocycles. The standard InChI is InChI=1S/C11H9F6NO4/c1-2-21-8(20)4-6-7(19)3-5(10(12,13)14)9(18-6)22-11(15,16)17/h3,19H,2,4H2,1H3. The van der Waals surface area contributed by atoms with Crippen LogP contribution in [0, 0.1) is 0 Å². The molecule has 0 radical (unpaired) electrons. The van der Waals surface area contributed by atoms with Crippen LogP contribution in [0.5, 0.6) is 11.6 Å². The normalized spacial score (nSPS) is 12.1. The fraction of sp³-hybridized carbons (Fsp3) is 0.455. The second-order valence-electron chi connectivity index (χ2n) is 3.83. The smallest absolute Gasteiger partial charge is 0.506 e. The molecule has 124 valence electrons. The molecule has 0 aliphatic carbocycles. The average Bonchev–Trinajstić information content (AvgIpc) is 2.30. The van der Waals surface area contributed by atoms with Crippen molar-refractivity contribution in [3.05, 3.63) is 17.3 Å². The van der Waals surface area contributed by atoms with E-state index in [9.17, 15) is 36.2 Å². The van der Waals surface area contributed by atoms with Crippen LogP contribution in [-0.2, 0) is 22.1 Å². The summed E-state index contributed by atoms with van der Waals surface area (Å²) in [6.07, 6.45) is -11.5. The van der Waals surface area contributed by atoms with Crippen LogP contribution in [0.2, 0.25) is 0 Å². The molecular weight excluding hydrogens is 324 g/mol. The topological polar surface area (TPSA) is 68.7 Å². The van der Waals surface area contributed by atoms with Gasteiger partial charge in [-0.2, -0.15) is 13.2 Å². The highest BCUT2D eigenvalue weighted by Crippen LogP contribution is 2.39. The fourth-order valence-electron chi connectivity index (χ4n) is 1.39. The molecule has 0 aliphatic heterocycles. The number of ether oxygens (including phenoxy) is 2. The number of alkyl halides is 6. The number of esters is 1. The zero-order valence-electron chi connectivity index (χ0n) is 10.9.